The zero-order valence-electron chi connectivity index (χ0n) is 21.0. The number of methoxy groups -OCH3 is 3. The summed E-state index contributed by atoms with van der Waals surface area (Å²) in [5.41, 5.74) is 3.30. The second-order valence-electron chi connectivity index (χ2n) is 8.20. The van der Waals surface area contributed by atoms with Crippen molar-refractivity contribution in [3.05, 3.63) is 94.9 Å². The van der Waals surface area contributed by atoms with Crippen molar-refractivity contribution in [2.24, 2.45) is 4.99 Å². The van der Waals surface area contributed by atoms with E-state index in [1.54, 1.807) is 18.2 Å². The van der Waals surface area contributed by atoms with Gasteiger partial charge < -0.3 is 24.8 Å². The Bertz CT molecular complexity index is 1320. The lowest BCUT2D eigenvalue weighted by molar-refractivity contribution is -0.113. The van der Waals surface area contributed by atoms with Crippen LogP contribution in [0, 0.1) is 5.82 Å². The van der Waals surface area contributed by atoms with E-state index >= 15 is 0 Å². The number of hydrogen-bond acceptors (Lipinski definition) is 7. The molecular weight excluding hydrogens is 493 g/mol. The number of allylic oxidation sites excluding steroid dienone is 1. The summed E-state index contributed by atoms with van der Waals surface area (Å²) in [6.07, 6.45) is 0. The number of benzene rings is 3. The number of anilines is 1. The molecular formula is C28H28FN3O4S. The number of nitrogens with zero attached hydrogens (tertiary/aromatic N) is 1. The molecule has 7 nitrogen and oxygen atoms in total. The minimum atomic E-state index is -0.659. The number of halogens is 1. The third kappa shape index (κ3) is 6.06. The fourth-order valence-corrected chi connectivity index (χ4v) is 4.90. The molecule has 37 heavy (non-hydrogen) atoms. The predicted octanol–water partition coefficient (Wildman–Crippen LogP) is 5.70. The van der Waals surface area contributed by atoms with Crippen molar-refractivity contribution < 1.29 is 23.4 Å². The summed E-state index contributed by atoms with van der Waals surface area (Å²) >= 11 is 1.43. The number of para-hydroxylation sites is 1. The van der Waals surface area contributed by atoms with Gasteiger partial charge in [-0.1, -0.05) is 42.1 Å². The Balaban J connectivity index is 1.72. The van der Waals surface area contributed by atoms with Crippen molar-refractivity contribution in [2.75, 3.05) is 26.6 Å². The van der Waals surface area contributed by atoms with Gasteiger partial charge in [0.15, 0.2) is 16.7 Å². The summed E-state index contributed by atoms with van der Waals surface area (Å²) in [6.45, 7) is 1.84. The first-order valence-electron chi connectivity index (χ1n) is 11.5. The summed E-state index contributed by atoms with van der Waals surface area (Å²) < 4.78 is 30.2. The Morgan fingerprint density at radius 3 is 2.32 bits per heavy atom. The molecule has 0 saturated heterocycles. The first kappa shape index (κ1) is 26.1. The van der Waals surface area contributed by atoms with Gasteiger partial charge in [-0.2, -0.15) is 0 Å². The third-order valence-corrected chi connectivity index (χ3v) is 6.72. The van der Waals surface area contributed by atoms with Crippen LogP contribution < -0.4 is 24.8 Å². The van der Waals surface area contributed by atoms with E-state index in [0.29, 0.717) is 50.7 Å². The number of rotatable bonds is 8. The number of amidine groups is 1. The lowest BCUT2D eigenvalue weighted by Crippen LogP contribution is -2.32. The lowest BCUT2D eigenvalue weighted by atomic mass is 9.95. The second-order valence-corrected chi connectivity index (χ2v) is 9.16. The molecule has 192 valence electrons. The van der Waals surface area contributed by atoms with Crippen LogP contribution in [0.15, 0.2) is 83.0 Å². The maximum Gasteiger partial charge on any atom is 0.255 e. The maximum absolute atomic E-state index is 13.7. The van der Waals surface area contributed by atoms with E-state index in [9.17, 15) is 9.18 Å². The number of hydrogen-bond donors (Lipinski definition) is 2. The molecule has 0 fully saturated rings. The van der Waals surface area contributed by atoms with Crippen molar-refractivity contribution in [1.82, 2.24) is 5.32 Å². The Hall–Kier alpha value is -3.98. The number of aliphatic imine (C=N–C) groups is 1. The zero-order valence-corrected chi connectivity index (χ0v) is 21.8. The zero-order chi connectivity index (χ0) is 26.4. The second kappa shape index (κ2) is 11.8. The normalized spacial score (nSPS) is 14.9. The fourth-order valence-electron chi connectivity index (χ4n) is 4.01. The largest absolute Gasteiger partial charge is 0.493 e. The minimum absolute atomic E-state index is 0.284. The quantitative estimate of drug-likeness (QED) is 0.396. The van der Waals surface area contributed by atoms with E-state index in [4.69, 9.17) is 19.2 Å². The predicted molar refractivity (Wildman–Crippen MR) is 145 cm³/mol. The molecule has 1 amide bonds. The van der Waals surface area contributed by atoms with Crippen LogP contribution in [-0.4, -0.2) is 32.4 Å². The molecule has 0 aromatic heterocycles. The number of carbonyl (C=O) groups is 1. The highest BCUT2D eigenvalue weighted by Gasteiger charge is 2.31. The van der Waals surface area contributed by atoms with Crippen molar-refractivity contribution in [3.8, 4) is 17.2 Å². The van der Waals surface area contributed by atoms with Crippen LogP contribution in [0.2, 0.25) is 0 Å². The number of nitrogens with one attached hydrogen (secondary N) is 2. The molecule has 3 aromatic carbocycles. The average molecular weight is 522 g/mol. The molecule has 0 spiro atoms. The molecule has 1 heterocycles. The molecule has 4 rings (SSSR count). The Labute approximate surface area is 219 Å². The van der Waals surface area contributed by atoms with Crippen LogP contribution in [0.3, 0.4) is 0 Å². The van der Waals surface area contributed by atoms with E-state index < -0.39 is 6.04 Å². The van der Waals surface area contributed by atoms with Crippen molar-refractivity contribution in [2.45, 2.75) is 18.7 Å². The topological polar surface area (TPSA) is 81.2 Å². The van der Waals surface area contributed by atoms with Crippen LogP contribution in [0.1, 0.15) is 24.1 Å². The molecule has 0 radical (unpaired) electrons. The first-order chi connectivity index (χ1) is 17.9. The van der Waals surface area contributed by atoms with E-state index in [2.05, 4.69) is 10.6 Å². The van der Waals surface area contributed by atoms with Crippen molar-refractivity contribution in [3.63, 3.8) is 0 Å². The van der Waals surface area contributed by atoms with Crippen molar-refractivity contribution in [1.29, 1.82) is 0 Å². The molecule has 2 N–H and O–H groups in total. The lowest BCUT2D eigenvalue weighted by Gasteiger charge is -2.27. The van der Waals surface area contributed by atoms with E-state index in [0.717, 1.165) is 5.56 Å². The van der Waals surface area contributed by atoms with E-state index in [1.807, 2.05) is 43.3 Å². The summed E-state index contributed by atoms with van der Waals surface area (Å²) in [5.74, 6) is 1.30. The average Bonchev–Trinajstić information content (AvgIpc) is 2.91. The van der Waals surface area contributed by atoms with E-state index in [-0.39, 0.29) is 11.7 Å². The minimum Gasteiger partial charge on any atom is -0.493 e. The van der Waals surface area contributed by atoms with Crippen LogP contribution in [0.25, 0.3) is 0 Å². The molecule has 0 aliphatic carbocycles. The van der Waals surface area contributed by atoms with Gasteiger partial charge >= 0.3 is 0 Å². The van der Waals surface area contributed by atoms with Gasteiger partial charge in [-0.05, 0) is 54.4 Å². The molecule has 0 bridgehead atoms. The van der Waals surface area contributed by atoms with Gasteiger partial charge in [0, 0.05) is 17.1 Å². The summed E-state index contributed by atoms with van der Waals surface area (Å²) in [7, 11) is 4.61. The van der Waals surface area contributed by atoms with Gasteiger partial charge in [-0.25, -0.2) is 9.38 Å². The summed E-state index contributed by atoms with van der Waals surface area (Å²) in [6, 6.07) is 18.6. The molecule has 0 saturated carbocycles. The number of amides is 1. The number of carbonyl (C=O) groups excluding carboxylic acids is 1. The molecule has 1 atom stereocenters. The van der Waals surface area contributed by atoms with Gasteiger partial charge in [0.1, 0.15) is 11.9 Å². The standard InChI is InChI=1S/C28H28FN3O4S/c1-17-24(27(33)31-21-11-6-5-7-12-21)25(19-14-22(34-2)26(36-4)23(15-19)35-3)32-28(30-17)37-16-18-9-8-10-20(29)13-18/h5-15,25H,16H2,1-4H3,(H,30,32)(H,31,33)/t25-/m1/s1. The maximum atomic E-state index is 13.7. The van der Waals surface area contributed by atoms with Gasteiger partial charge in [-0.3, -0.25) is 4.79 Å². The smallest absolute Gasteiger partial charge is 0.255 e. The Morgan fingerprint density at radius 1 is 1.00 bits per heavy atom. The Kier molecular flexibility index (Phi) is 8.35. The summed E-state index contributed by atoms with van der Waals surface area (Å²) in [5, 5.41) is 6.82. The molecule has 1 aliphatic rings. The van der Waals surface area contributed by atoms with Crippen LogP contribution in [0.5, 0.6) is 17.2 Å². The van der Waals surface area contributed by atoms with Gasteiger partial charge in [0.25, 0.3) is 5.91 Å². The highest BCUT2D eigenvalue weighted by atomic mass is 32.2. The van der Waals surface area contributed by atoms with Crippen LogP contribution in [0.4, 0.5) is 10.1 Å². The number of thioether (sulfide) groups is 1. The van der Waals surface area contributed by atoms with Crippen molar-refractivity contribution >= 4 is 28.5 Å². The Morgan fingerprint density at radius 2 is 1.70 bits per heavy atom. The molecule has 3 aromatic rings. The highest BCUT2D eigenvalue weighted by molar-refractivity contribution is 8.13. The summed E-state index contributed by atoms with van der Waals surface area (Å²) in [4.78, 5) is 18.4. The van der Waals surface area contributed by atoms with Gasteiger partial charge in [0.2, 0.25) is 5.75 Å². The molecule has 0 unspecified atom stereocenters. The van der Waals surface area contributed by atoms with Gasteiger partial charge in [-0.15, -0.1) is 0 Å². The van der Waals surface area contributed by atoms with Crippen LogP contribution >= 0.6 is 11.8 Å². The van der Waals surface area contributed by atoms with Gasteiger partial charge in [0.05, 0.1) is 26.9 Å². The molecule has 1 aliphatic heterocycles. The monoisotopic (exact) mass is 521 g/mol. The van der Waals surface area contributed by atoms with Crippen LogP contribution in [-0.2, 0) is 10.5 Å². The van der Waals surface area contributed by atoms with E-state index in [1.165, 1.54) is 45.2 Å². The fraction of sp³-hybridized carbons (Fsp3) is 0.214. The highest BCUT2D eigenvalue weighted by Crippen LogP contribution is 2.43. The molecule has 9 heteroatoms. The SMILES string of the molecule is COc1cc([C@H]2N=C(SCc3cccc(F)c3)NC(C)=C2C(=O)Nc2ccccc2)cc(OC)c1OC. The first-order valence-corrected chi connectivity index (χ1v) is 12.5. The third-order valence-electron chi connectivity index (χ3n) is 5.76. The number of ether oxygens (including phenoxy) is 3.